The van der Waals surface area contributed by atoms with E-state index in [0.717, 1.165) is 27.1 Å². The molecule has 1 N–H and O–H groups in total. The molecule has 4 aromatic rings. The number of nitrogens with one attached hydrogen (secondary N) is 1. The van der Waals surface area contributed by atoms with Gasteiger partial charge in [0.2, 0.25) is 5.82 Å². The van der Waals surface area contributed by atoms with Crippen LogP contribution in [0.1, 0.15) is 29.8 Å². The number of benzene rings is 1. The van der Waals surface area contributed by atoms with E-state index in [1.807, 2.05) is 13.0 Å². The Bertz CT molecular complexity index is 1390. The van der Waals surface area contributed by atoms with Crippen LogP contribution in [0.3, 0.4) is 0 Å². The average molecular weight is 454 g/mol. The Morgan fingerprint density at radius 1 is 1.21 bits per heavy atom. The molecular formula is C21H19FN6O5. The Hall–Kier alpha value is -4.35. The van der Waals surface area contributed by atoms with E-state index in [9.17, 15) is 18.8 Å². The maximum Gasteiger partial charge on any atom is 0.351 e. The minimum absolute atomic E-state index is 0.218. The van der Waals surface area contributed by atoms with Crippen LogP contribution in [0.2, 0.25) is 0 Å². The summed E-state index contributed by atoms with van der Waals surface area (Å²) in [5, 5.41) is 10.4. The predicted octanol–water partition coefficient (Wildman–Crippen LogP) is 1.46. The fraction of sp³-hybridized carbons (Fsp3) is 0.238. The van der Waals surface area contributed by atoms with Gasteiger partial charge in [-0.3, -0.25) is 14.2 Å². The zero-order valence-electron chi connectivity index (χ0n) is 17.7. The van der Waals surface area contributed by atoms with E-state index < -0.39 is 23.0 Å². The smallest absolute Gasteiger partial charge is 0.351 e. The molecule has 1 amide bonds. The monoisotopic (exact) mass is 454 g/mol. The quantitative estimate of drug-likeness (QED) is 0.443. The highest BCUT2D eigenvalue weighted by Gasteiger charge is 2.22. The van der Waals surface area contributed by atoms with Crippen molar-refractivity contribution in [3.05, 3.63) is 81.0 Å². The van der Waals surface area contributed by atoms with Crippen LogP contribution in [0.5, 0.6) is 0 Å². The van der Waals surface area contributed by atoms with Crippen LogP contribution in [0.15, 0.2) is 61.2 Å². The summed E-state index contributed by atoms with van der Waals surface area (Å²) in [5.41, 5.74) is -1.61. The Kier molecular flexibility index (Phi) is 5.98. The van der Waals surface area contributed by atoms with Crippen molar-refractivity contribution in [1.29, 1.82) is 0 Å². The van der Waals surface area contributed by atoms with Crippen LogP contribution >= 0.6 is 0 Å². The standard InChI is InChI=1S/C21H19FN6O5/c1-12(5-10-15-4-3-11-32-15)23-18(29)19-24-17(26-33-19)16-20(30)27(2)21(31)28(25-16)14-8-6-13(22)7-9-14/h3-4,6-9,11-12H,5,10H2,1-2H3,(H,23,29)/t12-/m1/s1. The molecule has 0 bridgehead atoms. The second kappa shape index (κ2) is 9.02. The van der Waals surface area contributed by atoms with Gasteiger partial charge >= 0.3 is 17.5 Å². The molecule has 3 heterocycles. The highest BCUT2D eigenvalue weighted by molar-refractivity contribution is 5.90. The first-order chi connectivity index (χ1) is 15.8. The predicted molar refractivity (Wildman–Crippen MR) is 112 cm³/mol. The Labute approximate surface area is 185 Å². The van der Waals surface area contributed by atoms with Gasteiger partial charge in [-0.2, -0.15) is 14.8 Å². The van der Waals surface area contributed by atoms with Crippen molar-refractivity contribution in [1.82, 2.24) is 29.8 Å². The maximum absolute atomic E-state index is 13.2. The number of furan rings is 1. The molecule has 0 spiro atoms. The number of carbonyl (C=O) groups is 1. The first kappa shape index (κ1) is 21.9. The van der Waals surface area contributed by atoms with E-state index in [4.69, 9.17) is 8.94 Å². The van der Waals surface area contributed by atoms with E-state index in [-0.39, 0.29) is 29.1 Å². The van der Waals surface area contributed by atoms with E-state index >= 15 is 0 Å². The molecule has 12 heteroatoms. The summed E-state index contributed by atoms with van der Waals surface area (Å²) in [6.07, 6.45) is 2.83. The van der Waals surface area contributed by atoms with Gasteiger partial charge in [-0.25, -0.2) is 9.18 Å². The molecule has 0 aliphatic rings. The molecule has 3 aromatic heterocycles. The lowest BCUT2D eigenvalue weighted by Gasteiger charge is -2.10. The maximum atomic E-state index is 13.2. The number of aryl methyl sites for hydroxylation is 1. The van der Waals surface area contributed by atoms with Gasteiger partial charge in [0.15, 0.2) is 5.69 Å². The van der Waals surface area contributed by atoms with Crippen LogP contribution in [0.25, 0.3) is 17.2 Å². The first-order valence-corrected chi connectivity index (χ1v) is 9.97. The molecular weight excluding hydrogens is 435 g/mol. The van der Waals surface area contributed by atoms with Crippen LogP contribution in [-0.4, -0.2) is 36.4 Å². The Balaban J connectivity index is 1.56. The second-order valence-electron chi connectivity index (χ2n) is 7.30. The van der Waals surface area contributed by atoms with Crippen LogP contribution in [0, 0.1) is 5.82 Å². The zero-order chi connectivity index (χ0) is 23.5. The minimum Gasteiger partial charge on any atom is -0.469 e. The zero-order valence-corrected chi connectivity index (χ0v) is 17.7. The van der Waals surface area contributed by atoms with Crippen LogP contribution < -0.4 is 16.6 Å². The molecule has 0 fully saturated rings. The lowest BCUT2D eigenvalue weighted by Crippen LogP contribution is -2.40. The van der Waals surface area contributed by atoms with Crippen molar-refractivity contribution >= 4 is 5.91 Å². The number of hydrogen-bond donors (Lipinski definition) is 1. The molecule has 4 rings (SSSR count). The number of hydrogen-bond acceptors (Lipinski definition) is 8. The summed E-state index contributed by atoms with van der Waals surface area (Å²) in [7, 11) is 1.25. The molecule has 0 aliphatic heterocycles. The normalized spacial score (nSPS) is 12.0. The van der Waals surface area contributed by atoms with Crippen molar-refractivity contribution in [2.24, 2.45) is 7.05 Å². The number of amides is 1. The van der Waals surface area contributed by atoms with Gasteiger partial charge < -0.3 is 14.3 Å². The fourth-order valence-corrected chi connectivity index (χ4v) is 3.05. The Morgan fingerprint density at radius 3 is 2.67 bits per heavy atom. The molecule has 170 valence electrons. The highest BCUT2D eigenvalue weighted by Crippen LogP contribution is 2.11. The Morgan fingerprint density at radius 2 is 1.97 bits per heavy atom. The summed E-state index contributed by atoms with van der Waals surface area (Å²) < 4.78 is 25.2. The van der Waals surface area contributed by atoms with E-state index in [2.05, 4.69) is 20.6 Å². The van der Waals surface area contributed by atoms with E-state index in [1.54, 1.807) is 12.3 Å². The van der Waals surface area contributed by atoms with Gasteiger partial charge in [-0.05, 0) is 49.7 Å². The molecule has 33 heavy (non-hydrogen) atoms. The van der Waals surface area contributed by atoms with Crippen LogP contribution in [-0.2, 0) is 13.5 Å². The van der Waals surface area contributed by atoms with Crippen molar-refractivity contribution in [3.63, 3.8) is 0 Å². The number of rotatable bonds is 7. The summed E-state index contributed by atoms with van der Waals surface area (Å²) >= 11 is 0. The van der Waals surface area contributed by atoms with Gasteiger partial charge in [0.1, 0.15) is 11.6 Å². The topological polar surface area (TPSA) is 138 Å². The molecule has 0 aliphatic carbocycles. The summed E-state index contributed by atoms with van der Waals surface area (Å²) in [6, 6.07) is 8.38. The molecule has 0 saturated carbocycles. The van der Waals surface area contributed by atoms with E-state index in [0.29, 0.717) is 12.8 Å². The van der Waals surface area contributed by atoms with Gasteiger partial charge in [0, 0.05) is 19.5 Å². The van der Waals surface area contributed by atoms with Gasteiger partial charge in [0.25, 0.3) is 5.56 Å². The summed E-state index contributed by atoms with van der Waals surface area (Å²) in [5.74, 6) is -0.944. The lowest BCUT2D eigenvalue weighted by atomic mass is 10.1. The molecule has 11 nitrogen and oxygen atoms in total. The van der Waals surface area contributed by atoms with Gasteiger partial charge in [-0.1, -0.05) is 5.16 Å². The molecule has 1 aromatic carbocycles. The minimum atomic E-state index is -0.780. The number of halogens is 1. The highest BCUT2D eigenvalue weighted by atomic mass is 19.1. The molecule has 0 radical (unpaired) electrons. The van der Waals surface area contributed by atoms with Crippen molar-refractivity contribution in [3.8, 4) is 17.2 Å². The fourth-order valence-electron chi connectivity index (χ4n) is 3.05. The lowest BCUT2D eigenvalue weighted by molar-refractivity contribution is 0.0893. The van der Waals surface area contributed by atoms with Crippen molar-refractivity contribution < 1.29 is 18.1 Å². The van der Waals surface area contributed by atoms with Gasteiger partial charge in [-0.15, -0.1) is 0 Å². The van der Waals surface area contributed by atoms with Gasteiger partial charge in [0.05, 0.1) is 12.0 Å². The molecule has 0 saturated heterocycles. The first-order valence-electron chi connectivity index (χ1n) is 9.97. The number of aromatic nitrogens is 5. The summed E-state index contributed by atoms with van der Waals surface area (Å²) in [4.78, 5) is 41.5. The number of nitrogens with zero attached hydrogens (tertiary/aromatic N) is 5. The largest absolute Gasteiger partial charge is 0.469 e. The third-order valence-corrected chi connectivity index (χ3v) is 4.86. The van der Waals surface area contributed by atoms with Crippen molar-refractivity contribution in [2.45, 2.75) is 25.8 Å². The SMILES string of the molecule is C[C@H](CCc1ccco1)NC(=O)c1nc(-c2nn(-c3ccc(F)cc3)c(=O)n(C)c2=O)no1. The number of carbonyl (C=O) groups excluding carboxylic acids is 1. The van der Waals surface area contributed by atoms with Crippen molar-refractivity contribution in [2.75, 3.05) is 0 Å². The second-order valence-corrected chi connectivity index (χ2v) is 7.30. The molecule has 0 unspecified atom stereocenters. The van der Waals surface area contributed by atoms with Crippen LogP contribution in [0.4, 0.5) is 4.39 Å². The average Bonchev–Trinajstić information content (AvgIpc) is 3.50. The van der Waals surface area contributed by atoms with E-state index in [1.165, 1.54) is 19.2 Å². The summed E-state index contributed by atoms with van der Waals surface area (Å²) in [6.45, 7) is 1.81. The molecule has 1 atom stereocenters. The third-order valence-electron chi connectivity index (χ3n) is 4.86. The third kappa shape index (κ3) is 4.63.